The van der Waals surface area contributed by atoms with Crippen molar-refractivity contribution in [3.8, 4) is 0 Å². The van der Waals surface area contributed by atoms with E-state index in [0.717, 1.165) is 38.2 Å². The Morgan fingerprint density at radius 3 is 2.38 bits per heavy atom. The van der Waals surface area contributed by atoms with Crippen molar-refractivity contribution in [3.05, 3.63) is 64.2 Å². The van der Waals surface area contributed by atoms with Crippen molar-refractivity contribution in [1.82, 2.24) is 9.47 Å². The second-order valence-corrected chi connectivity index (χ2v) is 11.0. The van der Waals surface area contributed by atoms with Crippen molar-refractivity contribution in [3.63, 3.8) is 0 Å². The van der Waals surface area contributed by atoms with Gasteiger partial charge in [-0.1, -0.05) is 0 Å². The topological polar surface area (TPSA) is 138 Å². The Hall–Kier alpha value is -3.48. The molecule has 2 aliphatic rings. The molecule has 196 valence electrons. The van der Waals surface area contributed by atoms with Crippen LogP contribution in [-0.4, -0.2) is 68.2 Å². The van der Waals surface area contributed by atoms with Gasteiger partial charge >= 0.3 is 5.97 Å². The maximum absolute atomic E-state index is 15.1. The van der Waals surface area contributed by atoms with Crippen LogP contribution in [0.5, 0.6) is 0 Å². The number of hydrogen-bond acceptors (Lipinski definition) is 7. The van der Waals surface area contributed by atoms with Crippen LogP contribution in [0.25, 0.3) is 10.9 Å². The number of aromatic carboxylic acids is 1. The highest BCUT2D eigenvalue weighted by Gasteiger charge is 2.28. The van der Waals surface area contributed by atoms with E-state index < -0.39 is 27.2 Å². The number of aromatic nitrogens is 1. The van der Waals surface area contributed by atoms with Crippen LogP contribution < -0.4 is 20.8 Å². The zero-order valence-corrected chi connectivity index (χ0v) is 20.9. The average molecular weight is 530 g/mol. The lowest BCUT2D eigenvalue weighted by Gasteiger charge is -2.36. The van der Waals surface area contributed by atoms with Crippen LogP contribution in [0.4, 0.5) is 15.8 Å². The number of hydrogen-bond donors (Lipinski definition) is 3. The predicted molar refractivity (Wildman–Crippen MR) is 138 cm³/mol. The number of carbonyl (C=O) groups is 1. The maximum atomic E-state index is 15.1. The second-order valence-electron chi connectivity index (χ2n) is 9.46. The lowest BCUT2D eigenvalue weighted by atomic mass is 10.1. The van der Waals surface area contributed by atoms with Crippen molar-refractivity contribution in [2.24, 2.45) is 5.14 Å². The van der Waals surface area contributed by atoms with Crippen molar-refractivity contribution in [1.29, 1.82) is 0 Å². The van der Waals surface area contributed by atoms with Crippen molar-refractivity contribution >= 4 is 38.3 Å². The Morgan fingerprint density at radius 2 is 1.78 bits per heavy atom. The van der Waals surface area contributed by atoms with Crippen LogP contribution in [0.1, 0.15) is 29.2 Å². The van der Waals surface area contributed by atoms with Crippen molar-refractivity contribution in [2.75, 3.05) is 49.5 Å². The molecule has 10 nitrogen and oxygen atoms in total. The van der Waals surface area contributed by atoms with Crippen LogP contribution in [0, 0.1) is 5.82 Å². The minimum Gasteiger partial charge on any atom is -0.477 e. The number of pyridine rings is 1. The number of rotatable bonds is 8. The van der Waals surface area contributed by atoms with E-state index in [1.807, 2.05) is 4.90 Å². The van der Waals surface area contributed by atoms with Gasteiger partial charge in [-0.25, -0.2) is 22.7 Å². The Balaban J connectivity index is 1.24. The highest BCUT2D eigenvalue weighted by Crippen LogP contribution is 2.38. The molecule has 0 radical (unpaired) electrons. The largest absolute Gasteiger partial charge is 0.477 e. The summed E-state index contributed by atoms with van der Waals surface area (Å²) in [5.74, 6) is -1.84. The van der Waals surface area contributed by atoms with Crippen LogP contribution in [0.2, 0.25) is 0 Å². The first-order valence-corrected chi connectivity index (χ1v) is 13.6. The minimum atomic E-state index is -3.72. The molecular formula is C25H28FN5O5S. The molecule has 2 aromatic carbocycles. The van der Waals surface area contributed by atoms with Gasteiger partial charge in [-0.05, 0) is 49.2 Å². The molecule has 1 aromatic heterocycles. The van der Waals surface area contributed by atoms with E-state index in [4.69, 9.17) is 5.14 Å². The Morgan fingerprint density at radius 1 is 1.11 bits per heavy atom. The van der Waals surface area contributed by atoms with E-state index in [1.54, 1.807) is 22.8 Å². The van der Waals surface area contributed by atoms with Gasteiger partial charge < -0.3 is 19.9 Å². The second kappa shape index (κ2) is 9.77. The summed E-state index contributed by atoms with van der Waals surface area (Å²) in [6.07, 6.45) is 3.18. The number of piperazine rings is 1. The summed E-state index contributed by atoms with van der Waals surface area (Å²) in [6.45, 7) is 4.05. The van der Waals surface area contributed by atoms with Gasteiger partial charge in [0.05, 0.1) is 16.1 Å². The molecule has 3 aromatic rings. The van der Waals surface area contributed by atoms with Gasteiger partial charge in [-0.3, -0.25) is 9.69 Å². The maximum Gasteiger partial charge on any atom is 0.341 e. The molecule has 1 saturated heterocycles. The van der Waals surface area contributed by atoms with E-state index in [-0.39, 0.29) is 21.9 Å². The highest BCUT2D eigenvalue weighted by atomic mass is 32.2. The van der Waals surface area contributed by atoms with Gasteiger partial charge in [0.25, 0.3) is 0 Å². The zero-order valence-electron chi connectivity index (χ0n) is 20.1. The third-order valence-electron chi connectivity index (χ3n) is 6.92. The quantitative estimate of drug-likeness (QED) is 0.403. The van der Waals surface area contributed by atoms with Crippen molar-refractivity contribution in [2.45, 2.75) is 23.8 Å². The van der Waals surface area contributed by atoms with Gasteiger partial charge in [0.1, 0.15) is 11.4 Å². The molecule has 5 rings (SSSR count). The van der Waals surface area contributed by atoms with Gasteiger partial charge in [-0.15, -0.1) is 0 Å². The number of nitrogens with zero attached hydrogens (tertiary/aromatic N) is 3. The molecule has 0 atom stereocenters. The number of nitrogens with one attached hydrogen (secondary N) is 1. The molecule has 1 saturated carbocycles. The summed E-state index contributed by atoms with van der Waals surface area (Å²) < 4.78 is 39.7. The number of carboxylic acids is 1. The fourth-order valence-corrected chi connectivity index (χ4v) is 5.26. The van der Waals surface area contributed by atoms with Crippen LogP contribution >= 0.6 is 0 Å². The van der Waals surface area contributed by atoms with Crippen LogP contribution in [0.3, 0.4) is 0 Å². The molecule has 37 heavy (non-hydrogen) atoms. The first kappa shape index (κ1) is 25.2. The molecule has 12 heteroatoms. The minimum absolute atomic E-state index is 0.0616. The summed E-state index contributed by atoms with van der Waals surface area (Å²) >= 11 is 0. The summed E-state index contributed by atoms with van der Waals surface area (Å²) in [6, 6.07) is 9.23. The number of nitrogens with two attached hydrogens (primary N) is 1. The summed E-state index contributed by atoms with van der Waals surface area (Å²) in [5, 5.41) is 17.9. The number of anilines is 2. The molecule has 2 heterocycles. The monoisotopic (exact) mass is 529 g/mol. The van der Waals surface area contributed by atoms with Crippen LogP contribution in [-0.2, 0) is 10.0 Å². The Kier molecular flexibility index (Phi) is 6.65. The standard InChI is InChI=1S/C25H28FN5O5S/c26-21-13-19-22(31(17-3-4-17)15-20(24(19)32)25(33)34)14-23(21)30-11-9-29(10-12-30)8-7-28-16-1-5-18(6-2-16)37(27,35)36/h1-2,5-6,13-15,17,28H,3-4,7-12H2,(H,33,34)(H2,27,35,36). The average Bonchev–Trinajstić information content (AvgIpc) is 3.70. The fourth-order valence-electron chi connectivity index (χ4n) is 4.74. The summed E-state index contributed by atoms with van der Waals surface area (Å²) in [7, 11) is -3.72. The normalized spacial score (nSPS) is 16.8. The van der Waals surface area contributed by atoms with Gasteiger partial charge in [0, 0.05) is 62.6 Å². The highest BCUT2D eigenvalue weighted by molar-refractivity contribution is 7.89. The molecule has 2 fully saturated rings. The first-order valence-electron chi connectivity index (χ1n) is 12.1. The van der Waals surface area contributed by atoms with E-state index in [9.17, 15) is 23.1 Å². The Labute approximate surface area is 213 Å². The van der Waals surface area contributed by atoms with Gasteiger partial charge in [0.15, 0.2) is 0 Å². The Bertz CT molecular complexity index is 1510. The molecular weight excluding hydrogens is 501 g/mol. The molecule has 0 unspecified atom stereocenters. The third-order valence-corrected chi connectivity index (χ3v) is 7.85. The molecule has 1 aliphatic carbocycles. The molecule has 4 N–H and O–H groups in total. The number of halogens is 1. The number of sulfonamides is 1. The predicted octanol–water partition coefficient (Wildman–Crippen LogP) is 2.06. The summed E-state index contributed by atoms with van der Waals surface area (Å²) in [4.78, 5) is 28.5. The SMILES string of the molecule is NS(=O)(=O)c1ccc(NCCN2CCN(c3cc4c(cc3F)c(=O)c(C(=O)O)cn4C3CC3)CC2)cc1. The lowest BCUT2D eigenvalue weighted by molar-refractivity contribution is 0.0694. The van der Waals surface area contributed by atoms with Gasteiger partial charge in [-0.2, -0.15) is 0 Å². The number of benzene rings is 2. The zero-order chi connectivity index (χ0) is 26.3. The van der Waals surface area contributed by atoms with E-state index in [1.165, 1.54) is 24.4 Å². The number of fused-ring (bicyclic) bond motifs is 1. The molecule has 0 bridgehead atoms. The van der Waals surface area contributed by atoms with E-state index in [0.29, 0.717) is 30.8 Å². The fraction of sp³-hybridized carbons (Fsp3) is 0.360. The van der Waals surface area contributed by atoms with Crippen molar-refractivity contribution < 1.29 is 22.7 Å². The summed E-state index contributed by atoms with van der Waals surface area (Å²) in [5.41, 5.74) is 0.763. The smallest absolute Gasteiger partial charge is 0.341 e. The van der Waals surface area contributed by atoms with Gasteiger partial charge in [0.2, 0.25) is 15.5 Å². The third kappa shape index (κ3) is 5.31. The number of primary sulfonamides is 1. The lowest BCUT2D eigenvalue weighted by Crippen LogP contribution is -2.48. The van der Waals surface area contributed by atoms with E-state index in [2.05, 4.69) is 10.2 Å². The van der Waals surface area contributed by atoms with Crippen LogP contribution in [0.15, 0.2) is 52.3 Å². The first-order chi connectivity index (χ1) is 17.6. The van der Waals surface area contributed by atoms with E-state index >= 15 is 4.39 Å². The molecule has 1 aliphatic heterocycles. The molecule has 0 spiro atoms. The number of carboxylic acid groups (broad SMARTS) is 1. The molecule has 0 amide bonds.